The number of hydrogen-bond acceptors (Lipinski definition) is 3. The number of likely N-dealkylation sites (tertiary alicyclic amines) is 1. The Labute approximate surface area is 168 Å². The van der Waals surface area contributed by atoms with E-state index in [1.807, 2.05) is 13.2 Å². The molecular weight excluding hydrogens is 427 g/mol. The molecule has 0 bridgehead atoms. The van der Waals surface area contributed by atoms with Crippen LogP contribution in [0.3, 0.4) is 0 Å². The minimum absolute atomic E-state index is 0. The Morgan fingerprint density at radius 2 is 2.16 bits per heavy atom. The van der Waals surface area contributed by atoms with Crippen molar-refractivity contribution >= 4 is 29.9 Å². The molecule has 0 aromatic carbocycles. The summed E-state index contributed by atoms with van der Waals surface area (Å²) >= 11 is 0. The Hall–Kier alpha value is -0.830. The van der Waals surface area contributed by atoms with E-state index in [1.165, 1.54) is 19.3 Å². The third-order valence-corrected chi connectivity index (χ3v) is 4.98. The van der Waals surface area contributed by atoms with Crippen molar-refractivity contribution in [1.82, 2.24) is 25.1 Å². The highest BCUT2D eigenvalue weighted by atomic mass is 127. The van der Waals surface area contributed by atoms with Crippen molar-refractivity contribution in [3.8, 4) is 0 Å². The highest BCUT2D eigenvalue weighted by Gasteiger charge is 2.38. The summed E-state index contributed by atoms with van der Waals surface area (Å²) in [6.07, 6.45) is 7.88. The Bertz CT molecular complexity index is 566. The van der Waals surface area contributed by atoms with E-state index < -0.39 is 0 Å². The van der Waals surface area contributed by atoms with Crippen LogP contribution < -0.4 is 10.6 Å². The summed E-state index contributed by atoms with van der Waals surface area (Å²) in [4.78, 5) is 11.5. The molecule has 6 nitrogen and oxygen atoms in total. The molecule has 1 aromatic rings. The highest BCUT2D eigenvalue weighted by molar-refractivity contribution is 14.0. The Morgan fingerprint density at radius 3 is 2.80 bits per heavy atom. The molecule has 2 aliphatic rings. The predicted molar refractivity (Wildman–Crippen MR) is 113 cm³/mol. The molecule has 3 rings (SSSR count). The third-order valence-electron chi connectivity index (χ3n) is 4.98. The average molecular weight is 460 g/mol. The lowest BCUT2D eigenvalue weighted by Gasteiger charge is -2.20. The molecule has 1 saturated carbocycles. The van der Waals surface area contributed by atoms with Crippen molar-refractivity contribution < 1.29 is 0 Å². The molecule has 0 spiro atoms. The van der Waals surface area contributed by atoms with Crippen molar-refractivity contribution in [2.75, 3.05) is 13.6 Å². The van der Waals surface area contributed by atoms with Gasteiger partial charge in [0.25, 0.3) is 0 Å². The van der Waals surface area contributed by atoms with Gasteiger partial charge in [-0.25, -0.2) is 4.98 Å². The highest BCUT2D eigenvalue weighted by Crippen LogP contribution is 2.33. The molecule has 0 amide bonds. The minimum atomic E-state index is 0. The molecule has 7 heteroatoms. The number of nitrogens with zero attached hydrogens (tertiary/aromatic N) is 4. The zero-order chi connectivity index (χ0) is 17.1. The molecule has 2 atom stereocenters. The van der Waals surface area contributed by atoms with Gasteiger partial charge in [0.1, 0.15) is 5.82 Å². The number of guanidine groups is 1. The first-order valence-electron chi connectivity index (χ1n) is 9.29. The summed E-state index contributed by atoms with van der Waals surface area (Å²) in [5.41, 5.74) is 0. The van der Waals surface area contributed by atoms with Crippen LogP contribution >= 0.6 is 24.0 Å². The molecule has 1 aliphatic carbocycles. The van der Waals surface area contributed by atoms with E-state index in [0.29, 0.717) is 24.5 Å². The van der Waals surface area contributed by atoms with E-state index in [2.05, 4.69) is 57.0 Å². The first-order chi connectivity index (χ1) is 11.6. The minimum Gasteiger partial charge on any atom is -0.352 e. The number of nitrogens with one attached hydrogen (secondary N) is 2. The fourth-order valence-electron chi connectivity index (χ4n) is 3.69. The topological polar surface area (TPSA) is 57.5 Å². The lowest BCUT2D eigenvalue weighted by atomic mass is 10.2. The van der Waals surface area contributed by atoms with Gasteiger partial charge in [-0.1, -0.05) is 13.8 Å². The molecule has 1 aromatic heterocycles. The van der Waals surface area contributed by atoms with Crippen LogP contribution in [0.15, 0.2) is 17.4 Å². The van der Waals surface area contributed by atoms with Gasteiger partial charge in [0.2, 0.25) is 0 Å². The lowest BCUT2D eigenvalue weighted by Crippen LogP contribution is -2.44. The smallest absolute Gasteiger partial charge is 0.191 e. The Balaban J connectivity index is 0.00000225. The van der Waals surface area contributed by atoms with E-state index in [-0.39, 0.29) is 24.0 Å². The molecule has 1 aliphatic heterocycles. The fraction of sp³-hybridized carbons (Fsp3) is 0.778. The van der Waals surface area contributed by atoms with Gasteiger partial charge in [0.15, 0.2) is 5.96 Å². The summed E-state index contributed by atoms with van der Waals surface area (Å²) in [6, 6.07) is 2.01. The summed E-state index contributed by atoms with van der Waals surface area (Å²) in [6.45, 7) is 9.64. The number of rotatable bonds is 6. The van der Waals surface area contributed by atoms with Crippen LogP contribution in [-0.4, -0.2) is 52.1 Å². The molecule has 0 radical (unpaired) electrons. The van der Waals surface area contributed by atoms with Crippen molar-refractivity contribution in [3.05, 3.63) is 18.2 Å². The second-order valence-electron chi connectivity index (χ2n) is 7.67. The maximum Gasteiger partial charge on any atom is 0.191 e. The number of hydrogen-bond donors (Lipinski definition) is 2. The summed E-state index contributed by atoms with van der Waals surface area (Å²) in [7, 11) is 1.84. The van der Waals surface area contributed by atoms with Crippen LogP contribution in [0.4, 0.5) is 0 Å². The molecule has 142 valence electrons. The third kappa shape index (κ3) is 5.57. The van der Waals surface area contributed by atoms with Crippen LogP contribution in [0.5, 0.6) is 0 Å². The van der Waals surface area contributed by atoms with E-state index in [4.69, 9.17) is 0 Å². The van der Waals surface area contributed by atoms with E-state index in [0.717, 1.165) is 30.9 Å². The second kappa shape index (κ2) is 9.21. The van der Waals surface area contributed by atoms with Crippen molar-refractivity contribution in [2.24, 2.45) is 10.9 Å². The van der Waals surface area contributed by atoms with Gasteiger partial charge in [-0.05, 0) is 32.1 Å². The van der Waals surface area contributed by atoms with Crippen LogP contribution in [-0.2, 0) is 13.1 Å². The first-order valence-corrected chi connectivity index (χ1v) is 9.29. The molecule has 1 saturated heterocycles. The SMILES string of the molecule is CN=C(NCc1nccn1CC(C)C)NC1CC(C)N(C2CC2)C1.I. The summed E-state index contributed by atoms with van der Waals surface area (Å²) in [5.74, 6) is 2.55. The molecule has 2 unspecified atom stereocenters. The van der Waals surface area contributed by atoms with Gasteiger partial charge in [-0.2, -0.15) is 0 Å². The summed E-state index contributed by atoms with van der Waals surface area (Å²) in [5, 5.41) is 7.02. The van der Waals surface area contributed by atoms with Crippen LogP contribution in [0.1, 0.15) is 45.9 Å². The molecule has 25 heavy (non-hydrogen) atoms. The Morgan fingerprint density at radius 1 is 1.40 bits per heavy atom. The second-order valence-corrected chi connectivity index (χ2v) is 7.67. The standard InChI is InChI=1S/C18H32N6.HI/c1-13(2)11-23-8-7-20-17(23)10-21-18(19-4)22-15-9-14(3)24(12-15)16-5-6-16;/h7-8,13-16H,5-6,9-12H2,1-4H3,(H2,19,21,22);1H. The van der Waals surface area contributed by atoms with Gasteiger partial charge in [-0.3, -0.25) is 9.89 Å². The van der Waals surface area contributed by atoms with E-state index in [9.17, 15) is 0 Å². The maximum atomic E-state index is 4.47. The number of aliphatic imine (C=N–C) groups is 1. The number of halogens is 1. The Kier molecular flexibility index (Phi) is 7.54. The first kappa shape index (κ1) is 20.5. The van der Waals surface area contributed by atoms with E-state index >= 15 is 0 Å². The largest absolute Gasteiger partial charge is 0.352 e. The molecule has 2 heterocycles. The monoisotopic (exact) mass is 460 g/mol. The van der Waals surface area contributed by atoms with Gasteiger partial charge < -0.3 is 15.2 Å². The molecular formula is C18H33IN6. The molecule has 2 fully saturated rings. The van der Waals surface area contributed by atoms with Gasteiger partial charge in [-0.15, -0.1) is 24.0 Å². The van der Waals surface area contributed by atoms with Crippen molar-refractivity contribution in [3.63, 3.8) is 0 Å². The van der Waals surface area contributed by atoms with Crippen LogP contribution in [0, 0.1) is 5.92 Å². The zero-order valence-corrected chi connectivity index (χ0v) is 18.2. The van der Waals surface area contributed by atoms with Crippen molar-refractivity contribution in [1.29, 1.82) is 0 Å². The van der Waals surface area contributed by atoms with E-state index in [1.54, 1.807) is 0 Å². The van der Waals surface area contributed by atoms with Crippen LogP contribution in [0.2, 0.25) is 0 Å². The normalized spacial score (nSPS) is 24.4. The summed E-state index contributed by atoms with van der Waals surface area (Å²) < 4.78 is 2.22. The van der Waals surface area contributed by atoms with Gasteiger partial charge in [0.05, 0.1) is 6.54 Å². The maximum absolute atomic E-state index is 4.47. The van der Waals surface area contributed by atoms with Gasteiger partial charge in [0, 0.05) is 50.7 Å². The molecule has 2 N–H and O–H groups in total. The number of imidazole rings is 1. The van der Waals surface area contributed by atoms with Gasteiger partial charge >= 0.3 is 0 Å². The zero-order valence-electron chi connectivity index (χ0n) is 15.9. The average Bonchev–Trinajstić information content (AvgIpc) is 3.19. The fourth-order valence-corrected chi connectivity index (χ4v) is 3.69. The predicted octanol–water partition coefficient (Wildman–Crippen LogP) is 2.45. The number of aromatic nitrogens is 2. The quantitative estimate of drug-likeness (QED) is 0.389. The van der Waals surface area contributed by atoms with Crippen LogP contribution in [0.25, 0.3) is 0 Å². The lowest BCUT2D eigenvalue weighted by molar-refractivity contribution is 0.256. The van der Waals surface area contributed by atoms with Crippen molar-refractivity contribution in [2.45, 2.75) is 71.2 Å².